The number of carbonyl (C=O) groups is 2. The van der Waals surface area contributed by atoms with Gasteiger partial charge in [0.25, 0.3) is 5.91 Å². The third kappa shape index (κ3) is 3.42. The maximum Gasteiger partial charge on any atom is 0.256 e. The van der Waals surface area contributed by atoms with Crippen molar-refractivity contribution in [1.29, 1.82) is 0 Å². The molecule has 2 aromatic rings. The van der Waals surface area contributed by atoms with E-state index < -0.39 is 6.04 Å². The van der Waals surface area contributed by atoms with E-state index in [2.05, 4.69) is 5.32 Å². The second-order valence-electron chi connectivity index (χ2n) is 5.62. The Balaban J connectivity index is 1.72. The summed E-state index contributed by atoms with van der Waals surface area (Å²) < 4.78 is 0. The van der Waals surface area contributed by atoms with Crippen molar-refractivity contribution in [3.8, 4) is 0 Å². The summed E-state index contributed by atoms with van der Waals surface area (Å²) in [5.74, 6) is -0.515. The summed E-state index contributed by atoms with van der Waals surface area (Å²) in [7, 11) is 0. The molecule has 1 fully saturated rings. The smallest absolute Gasteiger partial charge is 0.256 e. The number of anilines is 2. The van der Waals surface area contributed by atoms with Gasteiger partial charge in [-0.25, -0.2) is 4.90 Å². The van der Waals surface area contributed by atoms with E-state index in [1.165, 1.54) is 4.90 Å². The van der Waals surface area contributed by atoms with Crippen LogP contribution in [0.5, 0.6) is 0 Å². The van der Waals surface area contributed by atoms with Gasteiger partial charge < -0.3 is 10.4 Å². The Kier molecular flexibility index (Phi) is 4.83. The Hall–Kier alpha value is -2.37. The van der Waals surface area contributed by atoms with Gasteiger partial charge in [0.1, 0.15) is 6.04 Å². The molecule has 5 nitrogen and oxygen atoms in total. The van der Waals surface area contributed by atoms with Gasteiger partial charge in [-0.15, -0.1) is 0 Å². The molecule has 0 spiro atoms. The fourth-order valence-corrected chi connectivity index (χ4v) is 2.83. The minimum Gasteiger partial charge on any atom is -0.396 e. The van der Waals surface area contributed by atoms with Gasteiger partial charge in [0.05, 0.1) is 12.1 Å². The van der Waals surface area contributed by atoms with Gasteiger partial charge in [-0.05, 0) is 48.4 Å². The second-order valence-corrected chi connectivity index (χ2v) is 6.05. The molecule has 0 bridgehead atoms. The molecule has 0 radical (unpaired) electrons. The van der Waals surface area contributed by atoms with E-state index >= 15 is 0 Å². The van der Waals surface area contributed by atoms with Gasteiger partial charge in [0.2, 0.25) is 5.91 Å². The second kappa shape index (κ2) is 7.03. The topological polar surface area (TPSA) is 69.6 Å². The van der Waals surface area contributed by atoms with Crippen LogP contribution in [0.25, 0.3) is 0 Å². The average Bonchev–Trinajstić information content (AvgIpc) is 2.85. The highest BCUT2D eigenvalue weighted by atomic mass is 35.5. The summed E-state index contributed by atoms with van der Waals surface area (Å²) >= 11 is 5.85. The molecular formula is C18H17ClN2O3. The van der Waals surface area contributed by atoms with Crippen molar-refractivity contribution in [3.05, 3.63) is 59.1 Å². The molecule has 124 valence electrons. The van der Waals surface area contributed by atoms with Crippen molar-refractivity contribution < 1.29 is 14.7 Å². The SMILES string of the molecule is O=C1C[C@@H](Nc2ccc(CCO)cc2)C(=O)N1c1ccc(Cl)cc1. The molecular weight excluding hydrogens is 328 g/mol. The van der Waals surface area contributed by atoms with Crippen molar-refractivity contribution in [2.24, 2.45) is 0 Å². The Morgan fingerprint density at radius 3 is 2.38 bits per heavy atom. The van der Waals surface area contributed by atoms with E-state index in [9.17, 15) is 9.59 Å². The predicted octanol–water partition coefficient (Wildman–Crippen LogP) is 2.62. The fraction of sp³-hybridized carbons (Fsp3) is 0.222. The van der Waals surface area contributed by atoms with Crippen LogP contribution in [-0.2, 0) is 16.0 Å². The standard InChI is InChI=1S/C18H17ClN2O3/c19-13-3-7-15(8-4-13)21-17(23)11-16(18(21)24)20-14-5-1-12(2-6-14)9-10-22/h1-8,16,20,22H,9-11H2/t16-/m1/s1. The summed E-state index contributed by atoms with van der Waals surface area (Å²) in [5.41, 5.74) is 2.30. The molecule has 2 aromatic carbocycles. The zero-order chi connectivity index (χ0) is 17.1. The lowest BCUT2D eigenvalue weighted by atomic mass is 10.1. The first-order valence-electron chi connectivity index (χ1n) is 7.67. The zero-order valence-corrected chi connectivity index (χ0v) is 13.7. The Morgan fingerprint density at radius 1 is 1.08 bits per heavy atom. The highest BCUT2D eigenvalue weighted by Crippen LogP contribution is 2.26. The monoisotopic (exact) mass is 344 g/mol. The van der Waals surface area contributed by atoms with Crippen LogP contribution < -0.4 is 10.2 Å². The quantitative estimate of drug-likeness (QED) is 0.818. The number of benzene rings is 2. The van der Waals surface area contributed by atoms with Gasteiger partial charge in [-0.2, -0.15) is 0 Å². The van der Waals surface area contributed by atoms with Crippen LogP contribution >= 0.6 is 11.6 Å². The summed E-state index contributed by atoms with van der Waals surface area (Å²) in [6.07, 6.45) is 0.700. The number of aliphatic hydroxyl groups is 1. The molecule has 1 atom stereocenters. The zero-order valence-electron chi connectivity index (χ0n) is 12.9. The number of halogens is 1. The molecule has 0 unspecified atom stereocenters. The van der Waals surface area contributed by atoms with Gasteiger partial charge in [-0.3, -0.25) is 9.59 Å². The lowest BCUT2D eigenvalue weighted by Crippen LogP contribution is -2.34. The highest BCUT2D eigenvalue weighted by Gasteiger charge is 2.39. The van der Waals surface area contributed by atoms with Crippen LogP contribution in [0.15, 0.2) is 48.5 Å². The molecule has 2 N–H and O–H groups in total. The van der Waals surface area contributed by atoms with E-state index in [1.807, 2.05) is 24.3 Å². The molecule has 6 heteroatoms. The molecule has 0 saturated carbocycles. The minimum atomic E-state index is -0.586. The fourth-order valence-electron chi connectivity index (χ4n) is 2.70. The predicted molar refractivity (Wildman–Crippen MR) is 93.2 cm³/mol. The van der Waals surface area contributed by atoms with Crippen LogP contribution in [0.2, 0.25) is 5.02 Å². The van der Waals surface area contributed by atoms with E-state index in [0.717, 1.165) is 11.3 Å². The molecule has 1 aliphatic rings. The van der Waals surface area contributed by atoms with Crippen LogP contribution in [0.3, 0.4) is 0 Å². The van der Waals surface area contributed by atoms with Crippen LogP contribution in [0.1, 0.15) is 12.0 Å². The van der Waals surface area contributed by atoms with Gasteiger partial charge in [0, 0.05) is 17.3 Å². The third-order valence-electron chi connectivity index (χ3n) is 3.93. The first-order valence-corrected chi connectivity index (χ1v) is 8.05. The Morgan fingerprint density at radius 2 is 1.75 bits per heavy atom. The van der Waals surface area contributed by atoms with Crippen molar-refractivity contribution in [2.45, 2.75) is 18.9 Å². The largest absolute Gasteiger partial charge is 0.396 e. The van der Waals surface area contributed by atoms with Crippen molar-refractivity contribution in [3.63, 3.8) is 0 Å². The Labute approximate surface area is 144 Å². The third-order valence-corrected chi connectivity index (χ3v) is 4.18. The van der Waals surface area contributed by atoms with Crippen LogP contribution in [0.4, 0.5) is 11.4 Å². The first kappa shape index (κ1) is 16.5. The summed E-state index contributed by atoms with van der Waals surface area (Å²) in [6.45, 7) is 0.0957. The lowest BCUT2D eigenvalue weighted by molar-refractivity contribution is -0.121. The van der Waals surface area contributed by atoms with Crippen molar-refractivity contribution in [1.82, 2.24) is 0 Å². The minimum absolute atomic E-state index is 0.0957. The molecule has 0 aromatic heterocycles. The molecule has 3 rings (SSSR count). The van der Waals surface area contributed by atoms with Crippen molar-refractivity contribution in [2.75, 3.05) is 16.8 Å². The number of hydrogen-bond donors (Lipinski definition) is 2. The summed E-state index contributed by atoms with van der Waals surface area (Å²) in [5, 5.41) is 12.6. The molecule has 1 aliphatic heterocycles. The van der Waals surface area contributed by atoms with Gasteiger partial charge in [0.15, 0.2) is 0 Å². The lowest BCUT2D eigenvalue weighted by Gasteiger charge is -2.16. The molecule has 2 amide bonds. The van der Waals surface area contributed by atoms with Crippen LogP contribution in [0, 0.1) is 0 Å². The number of imide groups is 1. The molecule has 1 heterocycles. The van der Waals surface area contributed by atoms with Crippen molar-refractivity contribution >= 4 is 34.8 Å². The number of nitrogens with zero attached hydrogens (tertiary/aromatic N) is 1. The van der Waals surface area contributed by atoms with E-state index in [-0.39, 0.29) is 24.8 Å². The molecule has 24 heavy (non-hydrogen) atoms. The number of rotatable bonds is 5. The number of aliphatic hydroxyl groups excluding tert-OH is 1. The van der Waals surface area contributed by atoms with Gasteiger partial charge >= 0.3 is 0 Å². The maximum absolute atomic E-state index is 12.6. The molecule has 0 aliphatic carbocycles. The number of amides is 2. The van der Waals surface area contributed by atoms with E-state index in [4.69, 9.17) is 16.7 Å². The Bertz CT molecular complexity index is 744. The maximum atomic E-state index is 12.6. The highest BCUT2D eigenvalue weighted by molar-refractivity contribution is 6.30. The number of hydrogen-bond acceptors (Lipinski definition) is 4. The summed E-state index contributed by atoms with van der Waals surface area (Å²) in [6, 6.07) is 13.5. The summed E-state index contributed by atoms with van der Waals surface area (Å²) in [4.78, 5) is 26.0. The normalized spacial score (nSPS) is 17.4. The van der Waals surface area contributed by atoms with E-state index in [1.54, 1.807) is 24.3 Å². The number of nitrogens with one attached hydrogen (secondary N) is 1. The van der Waals surface area contributed by atoms with Gasteiger partial charge in [-0.1, -0.05) is 23.7 Å². The number of carbonyl (C=O) groups excluding carboxylic acids is 2. The van der Waals surface area contributed by atoms with Crippen LogP contribution in [-0.4, -0.2) is 29.6 Å². The average molecular weight is 345 g/mol. The van der Waals surface area contributed by atoms with E-state index in [0.29, 0.717) is 17.1 Å². The first-order chi connectivity index (χ1) is 11.6. The molecule has 1 saturated heterocycles.